The Bertz CT molecular complexity index is 1100. The molecule has 2 aromatic carbocycles. The Balaban J connectivity index is 1.35. The molecule has 0 unspecified atom stereocenters. The molecule has 0 aromatic heterocycles. The van der Waals surface area contributed by atoms with Crippen LogP contribution in [0.2, 0.25) is 0 Å². The van der Waals surface area contributed by atoms with E-state index in [1.165, 1.54) is 12.8 Å². The van der Waals surface area contributed by atoms with E-state index < -0.39 is 22.3 Å². The van der Waals surface area contributed by atoms with Gasteiger partial charge in [-0.15, -0.1) is 0 Å². The second-order valence-electron chi connectivity index (χ2n) is 14.4. The maximum atomic E-state index is 12.7. The van der Waals surface area contributed by atoms with Gasteiger partial charge in [0.1, 0.15) is 11.2 Å². The number of amides is 2. The summed E-state index contributed by atoms with van der Waals surface area (Å²) < 4.78 is 17.3. The number of rotatable bonds is 8. The molecule has 0 heterocycles. The number of nitrogens with one attached hydrogen (secondary N) is 2. The normalized spacial score (nSPS) is 18.4. The fraction of sp³-hybridized carbons (Fsp3) is 0.611. The van der Waals surface area contributed by atoms with Crippen LogP contribution in [0.1, 0.15) is 128 Å². The molecule has 0 spiro atoms. The molecule has 2 aliphatic carbocycles. The molecule has 2 aliphatic rings. The van der Waals surface area contributed by atoms with Crippen LogP contribution < -0.4 is 10.6 Å². The van der Waals surface area contributed by atoms with Gasteiger partial charge in [0.25, 0.3) is 0 Å². The summed E-state index contributed by atoms with van der Waals surface area (Å²) in [4.78, 5) is 25.4. The highest BCUT2D eigenvalue weighted by atomic mass is 16.6. The van der Waals surface area contributed by atoms with Crippen molar-refractivity contribution in [3.63, 3.8) is 0 Å². The van der Waals surface area contributed by atoms with Crippen LogP contribution in [0.15, 0.2) is 48.5 Å². The fourth-order valence-corrected chi connectivity index (χ4v) is 6.41. The standard InChI is InChI=1S/C36H52N2O5/c1-33(2,3)42-31(39)37-35(21-9-7-10-22-35)29-17-13-27(14-18-29)25-41-26-28-15-19-30(20-16-28)36(23-11-8-12-24-36)38-32(40)43-34(4,5)6/h13-20H,7-12,21-26H2,1-6H3,(H,37,39)(H,38,40). The zero-order valence-corrected chi connectivity index (χ0v) is 27.1. The van der Waals surface area contributed by atoms with Crippen LogP contribution in [0.3, 0.4) is 0 Å². The van der Waals surface area contributed by atoms with Crippen LogP contribution in [0.4, 0.5) is 9.59 Å². The van der Waals surface area contributed by atoms with Gasteiger partial charge in [0.15, 0.2) is 0 Å². The van der Waals surface area contributed by atoms with Crippen molar-refractivity contribution in [3.8, 4) is 0 Å². The van der Waals surface area contributed by atoms with Gasteiger partial charge in [-0.05, 0) is 89.5 Å². The summed E-state index contributed by atoms with van der Waals surface area (Å²) in [7, 11) is 0. The lowest BCUT2D eigenvalue weighted by Gasteiger charge is -2.39. The Kier molecular flexibility index (Phi) is 10.5. The molecule has 0 bridgehead atoms. The molecule has 2 saturated carbocycles. The summed E-state index contributed by atoms with van der Waals surface area (Å²) in [5.41, 5.74) is 2.57. The van der Waals surface area contributed by atoms with E-state index in [1.54, 1.807) is 0 Å². The van der Waals surface area contributed by atoms with Crippen LogP contribution in [0, 0.1) is 0 Å². The van der Waals surface area contributed by atoms with Gasteiger partial charge in [0.2, 0.25) is 0 Å². The first-order valence-electron chi connectivity index (χ1n) is 16.1. The molecule has 0 atom stereocenters. The molecule has 2 N–H and O–H groups in total. The van der Waals surface area contributed by atoms with Crippen molar-refractivity contribution in [2.45, 2.75) is 141 Å². The number of alkyl carbamates (subject to hydrolysis) is 2. The van der Waals surface area contributed by atoms with Crippen LogP contribution in [0.25, 0.3) is 0 Å². The smallest absolute Gasteiger partial charge is 0.408 e. The first-order valence-corrected chi connectivity index (χ1v) is 16.1. The highest BCUT2D eigenvalue weighted by Gasteiger charge is 2.38. The maximum absolute atomic E-state index is 12.7. The highest BCUT2D eigenvalue weighted by molar-refractivity contribution is 5.70. The Hall–Kier alpha value is -3.06. The van der Waals surface area contributed by atoms with E-state index in [1.807, 2.05) is 41.5 Å². The fourth-order valence-electron chi connectivity index (χ4n) is 6.41. The zero-order chi connectivity index (χ0) is 31.1. The molecule has 0 saturated heterocycles. The monoisotopic (exact) mass is 592 g/mol. The first-order chi connectivity index (χ1) is 20.3. The Morgan fingerprint density at radius 2 is 0.907 bits per heavy atom. The maximum Gasteiger partial charge on any atom is 0.408 e. The number of benzene rings is 2. The molecule has 7 nitrogen and oxygen atoms in total. The summed E-state index contributed by atoms with van der Waals surface area (Å²) in [6.07, 6.45) is 9.62. The third-order valence-electron chi connectivity index (χ3n) is 8.45. The van der Waals surface area contributed by atoms with Gasteiger partial charge >= 0.3 is 12.2 Å². The van der Waals surface area contributed by atoms with Gasteiger partial charge in [-0.25, -0.2) is 9.59 Å². The molecule has 2 amide bonds. The summed E-state index contributed by atoms with van der Waals surface area (Å²) in [5, 5.41) is 6.44. The lowest BCUT2D eigenvalue weighted by molar-refractivity contribution is 0.0408. The minimum absolute atomic E-state index is 0.358. The average Bonchev–Trinajstić information content (AvgIpc) is 2.92. The van der Waals surface area contributed by atoms with E-state index in [2.05, 4.69) is 59.2 Å². The van der Waals surface area contributed by atoms with Gasteiger partial charge in [-0.3, -0.25) is 0 Å². The Labute approximate surface area is 258 Å². The predicted octanol–water partition coefficient (Wildman–Crippen LogP) is 8.77. The van der Waals surface area contributed by atoms with E-state index >= 15 is 0 Å². The summed E-state index contributed by atoms with van der Waals surface area (Å²) >= 11 is 0. The topological polar surface area (TPSA) is 85.9 Å². The largest absolute Gasteiger partial charge is 0.444 e. The molecule has 4 rings (SSSR count). The summed E-state index contributed by atoms with van der Waals surface area (Å²) in [6.45, 7) is 12.3. The highest BCUT2D eigenvalue weighted by Crippen LogP contribution is 2.39. The average molecular weight is 593 g/mol. The van der Waals surface area contributed by atoms with E-state index in [-0.39, 0.29) is 12.2 Å². The summed E-state index contributed by atoms with van der Waals surface area (Å²) in [6, 6.07) is 16.9. The van der Waals surface area contributed by atoms with Crippen molar-refractivity contribution in [2.24, 2.45) is 0 Å². The van der Waals surface area contributed by atoms with Crippen LogP contribution in [-0.4, -0.2) is 23.4 Å². The number of hydrogen-bond donors (Lipinski definition) is 2. The van der Waals surface area contributed by atoms with Gasteiger partial charge < -0.3 is 24.8 Å². The van der Waals surface area contributed by atoms with Gasteiger partial charge in [-0.1, -0.05) is 87.1 Å². The molecule has 7 heteroatoms. The molecule has 236 valence electrons. The SMILES string of the molecule is CC(C)(C)OC(=O)NC1(c2ccc(COCc3ccc(C4(NC(=O)OC(C)(C)C)CCCCC4)cc3)cc2)CCCCC1. The molecular weight excluding hydrogens is 540 g/mol. The van der Waals surface area contributed by atoms with Gasteiger partial charge in [0, 0.05) is 0 Å². The number of hydrogen-bond acceptors (Lipinski definition) is 5. The minimum Gasteiger partial charge on any atom is -0.444 e. The van der Waals surface area contributed by atoms with Crippen LogP contribution in [-0.2, 0) is 38.5 Å². The van der Waals surface area contributed by atoms with Gasteiger partial charge in [0.05, 0.1) is 24.3 Å². The van der Waals surface area contributed by atoms with Crippen molar-refractivity contribution < 1.29 is 23.8 Å². The van der Waals surface area contributed by atoms with E-state index in [0.29, 0.717) is 13.2 Å². The van der Waals surface area contributed by atoms with Crippen molar-refractivity contribution >= 4 is 12.2 Å². The predicted molar refractivity (Wildman–Crippen MR) is 170 cm³/mol. The van der Waals surface area contributed by atoms with Crippen LogP contribution in [0.5, 0.6) is 0 Å². The number of carbonyl (C=O) groups is 2. The first kappa shape index (κ1) is 32.8. The van der Waals surface area contributed by atoms with Crippen molar-refractivity contribution in [2.75, 3.05) is 0 Å². The van der Waals surface area contributed by atoms with E-state index in [0.717, 1.165) is 73.6 Å². The van der Waals surface area contributed by atoms with E-state index in [9.17, 15) is 9.59 Å². The number of carbonyl (C=O) groups excluding carboxylic acids is 2. The zero-order valence-electron chi connectivity index (χ0n) is 27.1. The van der Waals surface area contributed by atoms with Crippen molar-refractivity contribution in [3.05, 3.63) is 70.8 Å². The van der Waals surface area contributed by atoms with Crippen molar-refractivity contribution in [1.29, 1.82) is 0 Å². The number of ether oxygens (including phenoxy) is 3. The molecule has 0 radical (unpaired) electrons. The Morgan fingerprint density at radius 1 is 0.581 bits per heavy atom. The molecule has 2 fully saturated rings. The van der Waals surface area contributed by atoms with Gasteiger partial charge in [-0.2, -0.15) is 0 Å². The second-order valence-corrected chi connectivity index (χ2v) is 14.4. The Morgan fingerprint density at radius 3 is 1.21 bits per heavy atom. The third-order valence-corrected chi connectivity index (χ3v) is 8.45. The quantitative estimate of drug-likeness (QED) is 0.320. The third kappa shape index (κ3) is 9.46. The minimum atomic E-state index is -0.532. The molecule has 43 heavy (non-hydrogen) atoms. The lowest BCUT2D eigenvalue weighted by atomic mass is 9.76. The molecule has 0 aliphatic heterocycles. The molecular formula is C36H52N2O5. The van der Waals surface area contributed by atoms with Crippen LogP contribution >= 0.6 is 0 Å². The second kappa shape index (κ2) is 13.7. The summed E-state index contributed by atoms with van der Waals surface area (Å²) in [5.74, 6) is 0. The lowest BCUT2D eigenvalue weighted by Crippen LogP contribution is -2.48. The molecule has 2 aromatic rings. The van der Waals surface area contributed by atoms with Crippen molar-refractivity contribution in [1.82, 2.24) is 10.6 Å². The van der Waals surface area contributed by atoms with E-state index in [4.69, 9.17) is 14.2 Å².